The first-order valence-corrected chi connectivity index (χ1v) is 6.43. The summed E-state index contributed by atoms with van der Waals surface area (Å²) >= 11 is 0. The lowest BCUT2D eigenvalue weighted by Gasteiger charge is -2.12. The number of aromatic nitrogens is 3. The maximum Gasteiger partial charge on any atom is 0.318 e. The number of rotatable bonds is 5. The van der Waals surface area contributed by atoms with Crippen LogP contribution in [0.2, 0.25) is 0 Å². The number of carbonyl (C=O) groups excluding carboxylic acids is 1. The first-order chi connectivity index (χ1) is 9.61. The highest BCUT2D eigenvalue weighted by Gasteiger charge is 2.28. The molecule has 0 saturated carbocycles. The van der Waals surface area contributed by atoms with Gasteiger partial charge >= 0.3 is 5.97 Å². The van der Waals surface area contributed by atoms with Crippen LogP contribution in [-0.4, -0.2) is 28.2 Å². The molecule has 0 fully saturated rings. The third-order valence-corrected chi connectivity index (χ3v) is 2.87. The highest BCUT2D eigenvalue weighted by molar-refractivity contribution is 5.76. The second-order valence-corrected chi connectivity index (χ2v) is 4.90. The maximum atomic E-state index is 11.8. The van der Waals surface area contributed by atoms with Crippen LogP contribution in [0.1, 0.15) is 32.1 Å². The molecule has 6 heteroatoms. The first-order valence-electron chi connectivity index (χ1n) is 6.43. The molecule has 0 aliphatic rings. The van der Waals surface area contributed by atoms with Gasteiger partial charge in [0.25, 0.3) is 0 Å². The monoisotopic (exact) mass is 275 g/mol. The maximum absolute atomic E-state index is 11.8. The summed E-state index contributed by atoms with van der Waals surface area (Å²) < 4.78 is 10.0. The van der Waals surface area contributed by atoms with E-state index < -0.39 is 5.92 Å². The van der Waals surface area contributed by atoms with Crippen LogP contribution in [0, 0.1) is 5.92 Å². The van der Waals surface area contributed by atoms with Crippen molar-refractivity contribution in [2.24, 2.45) is 5.92 Å². The van der Waals surface area contributed by atoms with Crippen molar-refractivity contribution in [1.29, 1.82) is 0 Å². The van der Waals surface area contributed by atoms with Crippen LogP contribution in [0.5, 0.6) is 0 Å². The molecule has 0 spiro atoms. The van der Waals surface area contributed by atoms with Gasteiger partial charge in [0.2, 0.25) is 11.7 Å². The average molecular weight is 275 g/mol. The summed E-state index contributed by atoms with van der Waals surface area (Å²) in [5.41, 5.74) is 0.795. The van der Waals surface area contributed by atoms with Gasteiger partial charge in [0.15, 0.2) is 0 Å². The Hall–Kier alpha value is -2.24. The number of methoxy groups -OCH3 is 1. The van der Waals surface area contributed by atoms with E-state index in [1.165, 1.54) is 7.11 Å². The quantitative estimate of drug-likeness (QED) is 0.780. The van der Waals surface area contributed by atoms with Gasteiger partial charge in [-0.1, -0.05) is 19.0 Å². The summed E-state index contributed by atoms with van der Waals surface area (Å²) in [6.07, 6.45) is 3.90. The van der Waals surface area contributed by atoms with E-state index in [0.29, 0.717) is 18.2 Å². The van der Waals surface area contributed by atoms with E-state index >= 15 is 0 Å². The average Bonchev–Trinajstić information content (AvgIpc) is 2.94. The number of esters is 1. The minimum absolute atomic E-state index is 0.289. The Morgan fingerprint density at radius 2 is 2.05 bits per heavy atom. The lowest BCUT2D eigenvalue weighted by Crippen LogP contribution is -2.16. The highest BCUT2D eigenvalue weighted by atomic mass is 16.5. The molecule has 6 nitrogen and oxygen atoms in total. The molecule has 0 aromatic carbocycles. The van der Waals surface area contributed by atoms with Crippen LogP contribution < -0.4 is 0 Å². The van der Waals surface area contributed by atoms with Crippen LogP contribution in [0.3, 0.4) is 0 Å². The SMILES string of the molecule is COC(=O)C(CC(C)C)c1nc(-c2ccncc2)no1. The van der Waals surface area contributed by atoms with E-state index in [1.807, 2.05) is 13.8 Å². The van der Waals surface area contributed by atoms with Crippen molar-refractivity contribution in [3.63, 3.8) is 0 Å². The molecule has 0 radical (unpaired) electrons. The van der Waals surface area contributed by atoms with Crippen molar-refractivity contribution in [3.8, 4) is 11.4 Å². The van der Waals surface area contributed by atoms with E-state index in [4.69, 9.17) is 9.26 Å². The molecule has 1 atom stereocenters. The molecule has 2 heterocycles. The Morgan fingerprint density at radius 3 is 2.65 bits per heavy atom. The lowest BCUT2D eigenvalue weighted by molar-refractivity contribution is -0.143. The topological polar surface area (TPSA) is 78.1 Å². The molecule has 0 aliphatic heterocycles. The van der Waals surface area contributed by atoms with Crippen molar-refractivity contribution in [2.75, 3.05) is 7.11 Å². The number of ether oxygens (including phenoxy) is 1. The molecule has 1 unspecified atom stereocenters. The third-order valence-electron chi connectivity index (χ3n) is 2.87. The molecule has 2 rings (SSSR count). The third kappa shape index (κ3) is 3.20. The number of hydrogen-bond acceptors (Lipinski definition) is 6. The van der Waals surface area contributed by atoms with Crippen molar-refractivity contribution in [1.82, 2.24) is 15.1 Å². The minimum atomic E-state index is -0.525. The Balaban J connectivity index is 2.27. The van der Waals surface area contributed by atoms with Gasteiger partial charge in [-0.3, -0.25) is 9.78 Å². The summed E-state index contributed by atoms with van der Waals surface area (Å²) in [4.78, 5) is 20.1. The van der Waals surface area contributed by atoms with Gasteiger partial charge in [-0.2, -0.15) is 4.98 Å². The van der Waals surface area contributed by atoms with E-state index in [0.717, 1.165) is 5.56 Å². The van der Waals surface area contributed by atoms with Gasteiger partial charge < -0.3 is 9.26 Å². The largest absolute Gasteiger partial charge is 0.468 e. The zero-order valence-corrected chi connectivity index (χ0v) is 11.7. The normalized spacial score (nSPS) is 12.4. The molecule has 2 aromatic heterocycles. The molecular formula is C14H17N3O3. The molecule has 0 aliphatic carbocycles. The van der Waals surface area contributed by atoms with Gasteiger partial charge in [-0.05, 0) is 24.5 Å². The van der Waals surface area contributed by atoms with E-state index in [1.54, 1.807) is 24.5 Å². The predicted octanol–water partition coefficient (Wildman–Crippen LogP) is 2.43. The summed E-state index contributed by atoms with van der Waals surface area (Å²) in [5, 5.41) is 3.91. The lowest BCUT2D eigenvalue weighted by atomic mass is 9.97. The van der Waals surface area contributed by atoms with Gasteiger partial charge in [0.05, 0.1) is 7.11 Å². The molecule has 0 amide bonds. The van der Waals surface area contributed by atoms with E-state index in [2.05, 4.69) is 15.1 Å². The van der Waals surface area contributed by atoms with Crippen molar-refractivity contribution in [2.45, 2.75) is 26.2 Å². The number of hydrogen-bond donors (Lipinski definition) is 0. The van der Waals surface area contributed by atoms with Crippen LogP contribution in [0.25, 0.3) is 11.4 Å². The second-order valence-electron chi connectivity index (χ2n) is 4.90. The Kier molecular flexibility index (Phi) is 4.45. The standard InChI is InChI=1S/C14H17N3O3/c1-9(2)8-11(14(18)19-3)13-16-12(17-20-13)10-4-6-15-7-5-10/h4-7,9,11H,8H2,1-3H3. The Morgan fingerprint density at radius 1 is 1.35 bits per heavy atom. The number of nitrogens with zero attached hydrogens (tertiary/aromatic N) is 3. The van der Waals surface area contributed by atoms with Crippen LogP contribution in [-0.2, 0) is 9.53 Å². The van der Waals surface area contributed by atoms with Crippen LogP contribution in [0.4, 0.5) is 0 Å². The Bertz CT molecular complexity index is 566. The van der Waals surface area contributed by atoms with E-state index in [9.17, 15) is 4.79 Å². The summed E-state index contributed by atoms with van der Waals surface area (Å²) in [6, 6.07) is 3.56. The molecular weight excluding hydrogens is 258 g/mol. The van der Waals surface area contributed by atoms with Crippen molar-refractivity contribution < 1.29 is 14.1 Å². The molecule has 0 saturated heterocycles. The number of pyridine rings is 1. The minimum Gasteiger partial charge on any atom is -0.468 e. The van der Waals surface area contributed by atoms with Gasteiger partial charge in [-0.15, -0.1) is 0 Å². The Labute approximate surface area is 117 Å². The molecule has 2 aromatic rings. The summed E-state index contributed by atoms with van der Waals surface area (Å²) in [7, 11) is 1.36. The van der Waals surface area contributed by atoms with Crippen molar-refractivity contribution in [3.05, 3.63) is 30.4 Å². The fourth-order valence-corrected chi connectivity index (χ4v) is 1.91. The molecule has 20 heavy (non-hydrogen) atoms. The second kappa shape index (κ2) is 6.27. The zero-order chi connectivity index (χ0) is 14.5. The molecule has 0 bridgehead atoms. The van der Waals surface area contributed by atoms with Gasteiger partial charge in [0, 0.05) is 18.0 Å². The first kappa shape index (κ1) is 14.2. The van der Waals surface area contributed by atoms with Crippen LogP contribution >= 0.6 is 0 Å². The van der Waals surface area contributed by atoms with Crippen LogP contribution in [0.15, 0.2) is 29.0 Å². The number of carbonyl (C=O) groups is 1. The highest BCUT2D eigenvalue weighted by Crippen LogP contribution is 2.25. The van der Waals surface area contributed by atoms with Gasteiger partial charge in [-0.25, -0.2) is 0 Å². The van der Waals surface area contributed by atoms with Crippen molar-refractivity contribution >= 4 is 5.97 Å². The summed E-state index contributed by atoms with van der Waals surface area (Å²) in [6.45, 7) is 4.05. The fraction of sp³-hybridized carbons (Fsp3) is 0.429. The smallest absolute Gasteiger partial charge is 0.318 e. The van der Waals surface area contributed by atoms with E-state index in [-0.39, 0.29) is 11.9 Å². The zero-order valence-electron chi connectivity index (χ0n) is 11.7. The predicted molar refractivity (Wildman–Crippen MR) is 71.7 cm³/mol. The molecule has 106 valence electrons. The summed E-state index contributed by atoms with van der Waals surface area (Å²) in [5.74, 6) is 0.166. The molecule has 0 N–H and O–H groups in total. The van der Waals surface area contributed by atoms with Gasteiger partial charge in [0.1, 0.15) is 5.92 Å². The fourth-order valence-electron chi connectivity index (χ4n) is 1.91.